The molecule has 0 aliphatic heterocycles. The smallest absolute Gasteiger partial charge is 0.367 e. The van der Waals surface area contributed by atoms with Gasteiger partial charge in [-0.05, 0) is 29.3 Å². The van der Waals surface area contributed by atoms with Crippen molar-refractivity contribution in [3.05, 3.63) is 65.2 Å². The third kappa shape index (κ3) is 7.37. The molecule has 0 unspecified atom stereocenters. The largest absolute Gasteiger partial charge is 0.411 e. The van der Waals surface area contributed by atoms with Gasteiger partial charge >= 0.3 is 12.2 Å². The minimum Gasteiger partial charge on any atom is -0.367 e. The van der Waals surface area contributed by atoms with E-state index in [9.17, 15) is 22.8 Å². The van der Waals surface area contributed by atoms with Crippen LogP contribution in [0, 0.1) is 0 Å². The van der Waals surface area contributed by atoms with Gasteiger partial charge in [0.25, 0.3) is 5.91 Å². The number of hydrogen-bond acceptors (Lipinski definition) is 3. The van der Waals surface area contributed by atoms with Crippen molar-refractivity contribution in [1.29, 1.82) is 0 Å². The normalized spacial score (nSPS) is 11.1. The van der Waals surface area contributed by atoms with E-state index in [4.69, 9.17) is 5.73 Å². The zero-order valence-electron chi connectivity index (χ0n) is 14.2. The summed E-state index contributed by atoms with van der Waals surface area (Å²) in [6.07, 6.45) is -4.35. The third-order valence-corrected chi connectivity index (χ3v) is 3.40. The number of nitrogens with one attached hydrogen (secondary N) is 2. The highest BCUT2D eigenvalue weighted by atomic mass is 19.4. The van der Waals surface area contributed by atoms with Gasteiger partial charge in [-0.2, -0.15) is 13.2 Å². The van der Waals surface area contributed by atoms with Crippen molar-refractivity contribution in [2.24, 2.45) is 5.73 Å². The lowest BCUT2D eigenvalue weighted by Crippen LogP contribution is -2.23. The minimum atomic E-state index is -4.35. The van der Waals surface area contributed by atoms with Gasteiger partial charge in [0.15, 0.2) is 0 Å². The van der Waals surface area contributed by atoms with Crippen molar-refractivity contribution in [3.63, 3.8) is 0 Å². The van der Waals surface area contributed by atoms with Gasteiger partial charge in [0.1, 0.15) is 6.61 Å². The molecule has 0 radical (unpaired) electrons. The van der Waals surface area contributed by atoms with Gasteiger partial charge in [-0.15, -0.1) is 0 Å². The molecule has 0 aromatic heterocycles. The fourth-order valence-electron chi connectivity index (χ4n) is 2.20. The summed E-state index contributed by atoms with van der Waals surface area (Å²) in [6, 6.07) is 12.2. The first-order valence-corrected chi connectivity index (χ1v) is 7.90. The molecule has 2 rings (SSSR count). The molecule has 0 atom stereocenters. The second-order valence-corrected chi connectivity index (χ2v) is 5.68. The number of rotatable bonds is 7. The molecule has 0 fully saturated rings. The Kier molecular flexibility index (Phi) is 6.78. The van der Waals surface area contributed by atoms with E-state index >= 15 is 0 Å². The number of ether oxygens (including phenoxy) is 1. The van der Waals surface area contributed by atoms with E-state index in [0.29, 0.717) is 16.8 Å². The zero-order valence-corrected chi connectivity index (χ0v) is 14.2. The molecule has 0 aliphatic rings. The average molecular weight is 381 g/mol. The van der Waals surface area contributed by atoms with Crippen molar-refractivity contribution >= 4 is 17.6 Å². The molecule has 2 aromatic rings. The van der Waals surface area contributed by atoms with Gasteiger partial charge in [0, 0.05) is 17.8 Å². The molecule has 6 nitrogen and oxygen atoms in total. The van der Waals surface area contributed by atoms with E-state index in [1.54, 1.807) is 42.5 Å². The Labute approximate surface area is 153 Å². The predicted molar refractivity (Wildman–Crippen MR) is 93.0 cm³/mol. The third-order valence-electron chi connectivity index (χ3n) is 3.40. The number of hydrogen-bond donors (Lipinski definition) is 3. The van der Waals surface area contributed by atoms with Crippen LogP contribution in [0.1, 0.15) is 21.5 Å². The summed E-state index contributed by atoms with van der Waals surface area (Å²) in [6.45, 7) is -1.21. The van der Waals surface area contributed by atoms with E-state index in [0.717, 1.165) is 5.56 Å². The summed E-state index contributed by atoms with van der Waals surface area (Å²) in [7, 11) is 0. The monoisotopic (exact) mass is 381 g/mol. The fourth-order valence-corrected chi connectivity index (χ4v) is 2.20. The number of benzene rings is 2. The van der Waals surface area contributed by atoms with Crippen LogP contribution >= 0.6 is 0 Å². The molecule has 2 aromatic carbocycles. The van der Waals surface area contributed by atoms with Crippen molar-refractivity contribution in [1.82, 2.24) is 5.32 Å². The first kappa shape index (κ1) is 20.2. The molecule has 3 amide bonds. The Morgan fingerprint density at radius 1 is 1.04 bits per heavy atom. The second kappa shape index (κ2) is 9.04. The van der Waals surface area contributed by atoms with Crippen LogP contribution in [0.5, 0.6) is 0 Å². The van der Waals surface area contributed by atoms with Gasteiger partial charge in [0.05, 0.1) is 6.61 Å². The van der Waals surface area contributed by atoms with Crippen LogP contribution in [0.4, 0.5) is 23.7 Å². The summed E-state index contributed by atoms with van der Waals surface area (Å²) in [4.78, 5) is 23.0. The van der Waals surface area contributed by atoms with Crippen LogP contribution in [0.2, 0.25) is 0 Å². The van der Waals surface area contributed by atoms with E-state index in [1.807, 2.05) is 0 Å². The van der Waals surface area contributed by atoms with Crippen molar-refractivity contribution < 1.29 is 27.5 Å². The maximum Gasteiger partial charge on any atom is 0.411 e. The standard InChI is InChI=1S/C18H18F3N3O3/c19-18(20,21)11-27-10-13-6-4-12(5-7-13)9-23-16(25)14-2-1-3-15(8-14)24-17(22)26/h1-8H,9-11H2,(H,23,25)(H3,22,24,26). The Morgan fingerprint density at radius 2 is 1.70 bits per heavy atom. The van der Waals surface area contributed by atoms with E-state index in [2.05, 4.69) is 15.4 Å². The van der Waals surface area contributed by atoms with Crippen molar-refractivity contribution in [2.45, 2.75) is 19.3 Å². The van der Waals surface area contributed by atoms with Crippen LogP contribution in [0.25, 0.3) is 0 Å². The fraction of sp³-hybridized carbons (Fsp3) is 0.222. The molecule has 0 heterocycles. The topological polar surface area (TPSA) is 93.5 Å². The number of nitrogens with two attached hydrogens (primary N) is 1. The lowest BCUT2D eigenvalue weighted by molar-refractivity contribution is -0.176. The number of halogens is 3. The number of amides is 3. The van der Waals surface area contributed by atoms with E-state index < -0.39 is 18.8 Å². The molecule has 0 saturated heterocycles. The van der Waals surface area contributed by atoms with Gasteiger partial charge in [0.2, 0.25) is 0 Å². The zero-order chi connectivity index (χ0) is 19.9. The summed E-state index contributed by atoms with van der Waals surface area (Å²) in [5.74, 6) is -0.347. The summed E-state index contributed by atoms with van der Waals surface area (Å²) in [5.41, 5.74) is 7.15. The Morgan fingerprint density at radius 3 is 2.33 bits per heavy atom. The lowest BCUT2D eigenvalue weighted by atomic mass is 10.1. The molecule has 9 heteroatoms. The molecule has 27 heavy (non-hydrogen) atoms. The number of anilines is 1. The molecule has 4 N–H and O–H groups in total. The first-order valence-electron chi connectivity index (χ1n) is 7.90. The maximum atomic E-state index is 12.2. The molecule has 0 spiro atoms. The average Bonchev–Trinajstić information content (AvgIpc) is 2.59. The summed E-state index contributed by atoms with van der Waals surface area (Å²) < 4.78 is 40.7. The quantitative estimate of drug-likeness (QED) is 0.688. The Balaban J connectivity index is 1.85. The van der Waals surface area contributed by atoms with Crippen molar-refractivity contribution in [3.8, 4) is 0 Å². The predicted octanol–water partition coefficient (Wildman–Crippen LogP) is 3.19. The number of alkyl halides is 3. The molecule has 0 saturated carbocycles. The van der Waals surface area contributed by atoms with Crippen LogP contribution in [-0.4, -0.2) is 24.7 Å². The summed E-state index contributed by atoms with van der Waals surface area (Å²) in [5, 5.41) is 5.10. The van der Waals surface area contributed by atoms with E-state index in [-0.39, 0.29) is 19.1 Å². The SMILES string of the molecule is NC(=O)Nc1cccc(C(=O)NCc2ccc(COCC(F)(F)F)cc2)c1. The van der Waals surface area contributed by atoms with Gasteiger partial charge in [-0.1, -0.05) is 30.3 Å². The Bertz CT molecular complexity index is 792. The molecule has 144 valence electrons. The Hall–Kier alpha value is -3.07. The van der Waals surface area contributed by atoms with Crippen LogP contribution in [0.3, 0.4) is 0 Å². The number of primary amides is 1. The number of carbonyl (C=O) groups is 2. The van der Waals surface area contributed by atoms with Crippen LogP contribution in [-0.2, 0) is 17.9 Å². The van der Waals surface area contributed by atoms with Crippen molar-refractivity contribution in [2.75, 3.05) is 11.9 Å². The van der Waals surface area contributed by atoms with Gasteiger partial charge < -0.3 is 21.1 Å². The van der Waals surface area contributed by atoms with E-state index in [1.165, 1.54) is 6.07 Å². The molecule has 0 bridgehead atoms. The van der Waals surface area contributed by atoms with Crippen LogP contribution in [0.15, 0.2) is 48.5 Å². The lowest BCUT2D eigenvalue weighted by Gasteiger charge is -2.09. The highest BCUT2D eigenvalue weighted by molar-refractivity contribution is 5.96. The highest BCUT2D eigenvalue weighted by Crippen LogP contribution is 2.16. The van der Waals surface area contributed by atoms with Gasteiger partial charge in [-0.3, -0.25) is 4.79 Å². The molecular formula is C18H18F3N3O3. The van der Waals surface area contributed by atoms with Crippen LogP contribution < -0.4 is 16.4 Å². The number of carbonyl (C=O) groups excluding carboxylic acids is 2. The maximum absolute atomic E-state index is 12.2. The highest BCUT2D eigenvalue weighted by Gasteiger charge is 2.27. The van der Waals surface area contributed by atoms with Gasteiger partial charge in [-0.25, -0.2) is 4.79 Å². The first-order chi connectivity index (χ1) is 12.7. The number of urea groups is 1. The molecular weight excluding hydrogens is 363 g/mol. The minimum absolute atomic E-state index is 0.147. The molecule has 0 aliphatic carbocycles. The summed E-state index contributed by atoms with van der Waals surface area (Å²) >= 11 is 0. The second-order valence-electron chi connectivity index (χ2n) is 5.68.